The van der Waals surface area contributed by atoms with Crippen LogP contribution in [0.1, 0.15) is 0 Å². The van der Waals surface area contributed by atoms with Crippen molar-refractivity contribution < 1.29 is 19.7 Å². The fraction of sp³-hybridized carbons (Fsp3) is 0.200. The van der Waals surface area contributed by atoms with Crippen molar-refractivity contribution in [2.75, 3.05) is 30.0 Å². The minimum atomic E-state index is -1.02. The van der Waals surface area contributed by atoms with Gasteiger partial charge in [0.15, 0.2) is 6.23 Å². The Hall–Kier alpha value is -3.60. The molecule has 11 nitrogen and oxygen atoms in total. The summed E-state index contributed by atoms with van der Waals surface area (Å²) in [7, 11) is 1.52. The quantitative estimate of drug-likeness (QED) is 0.237. The zero-order valence-corrected chi connectivity index (χ0v) is 13.7. The highest BCUT2D eigenvalue weighted by atomic mass is 16.6. The molecule has 0 saturated heterocycles. The lowest BCUT2D eigenvalue weighted by Crippen LogP contribution is -2.30. The van der Waals surface area contributed by atoms with Crippen LogP contribution in [-0.2, 0) is 0 Å². The van der Waals surface area contributed by atoms with Gasteiger partial charge in [0.1, 0.15) is 17.1 Å². The van der Waals surface area contributed by atoms with E-state index in [1.807, 2.05) is 0 Å². The normalized spacial score (nSPS) is 11.5. The van der Waals surface area contributed by atoms with Gasteiger partial charge < -0.3 is 26.2 Å². The van der Waals surface area contributed by atoms with Crippen molar-refractivity contribution in [2.45, 2.75) is 6.23 Å². The number of nitrogen functional groups attached to an aromatic ring is 1. The van der Waals surface area contributed by atoms with E-state index < -0.39 is 22.7 Å². The summed E-state index contributed by atoms with van der Waals surface area (Å²) in [6.07, 6.45) is -1.02. The number of nitro groups is 2. The van der Waals surface area contributed by atoms with Crippen molar-refractivity contribution in [3.8, 4) is 5.75 Å². The van der Waals surface area contributed by atoms with E-state index in [-0.39, 0.29) is 34.2 Å². The molecule has 0 aromatic heterocycles. The monoisotopic (exact) mass is 363 g/mol. The predicted octanol–water partition coefficient (Wildman–Crippen LogP) is 1.94. The highest BCUT2D eigenvalue weighted by Crippen LogP contribution is 2.30. The van der Waals surface area contributed by atoms with Gasteiger partial charge in [0.2, 0.25) is 0 Å². The van der Waals surface area contributed by atoms with Gasteiger partial charge in [-0.25, -0.2) is 0 Å². The lowest BCUT2D eigenvalue weighted by Gasteiger charge is -2.20. The number of nitrogens with zero attached hydrogens (tertiary/aromatic N) is 2. The van der Waals surface area contributed by atoms with Crippen molar-refractivity contribution in [3.63, 3.8) is 0 Å². The van der Waals surface area contributed by atoms with E-state index in [1.165, 1.54) is 43.4 Å². The molecule has 2 aromatic carbocycles. The van der Waals surface area contributed by atoms with Crippen molar-refractivity contribution in [3.05, 3.63) is 56.6 Å². The molecule has 1 unspecified atom stereocenters. The molecule has 0 saturated carbocycles. The van der Waals surface area contributed by atoms with E-state index in [0.717, 1.165) is 0 Å². The van der Waals surface area contributed by atoms with E-state index in [1.54, 1.807) is 0 Å². The fourth-order valence-electron chi connectivity index (χ4n) is 2.22. The Labute approximate surface area is 147 Å². The maximum Gasteiger partial charge on any atom is 0.294 e. The third kappa shape index (κ3) is 4.27. The summed E-state index contributed by atoms with van der Waals surface area (Å²) in [6.45, 7) is -0.507. The third-order valence-corrected chi connectivity index (χ3v) is 3.41. The average Bonchev–Trinajstić information content (AvgIpc) is 2.61. The topological polar surface area (TPSA) is 166 Å². The summed E-state index contributed by atoms with van der Waals surface area (Å²) in [5.74, 6) is 0.226. The smallest absolute Gasteiger partial charge is 0.294 e. The van der Waals surface area contributed by atoms with Crippen LogP contribution in [0.2, 0.25) is 0 Å². The molecule has 0 aliphatic rings. The SMILES string of the molecule is CNc1cc(OC(CO)Nc2ccc(N)cc2[N+](=O)[O-])ccc1[N+](=O)[O-]. The molecule has 5 N–H and O–H groups in total. The average molecular weight is 363 g/mol. The van der Waals surface area contributed by atoms with Crippen LogP contribution in [0.3, 0.4) is 0 Å². The van der Waals surface area contributed by atoms with Gasteiger partial charge in [-0.15, -0.1) is 0 Å². The van der Waals surface area contributed by atoms with Crippen LogP contribution < -0.4 is 21.1 Å². The van der Waals surface area contributed by atoms with Crippen molar-refractivity contribution in [1.82, 2.24) is 0 Å². The molecule has 0 spiro atoms. The number of ether oxygens (including phenoxy) is 1. The van der Waals surface area contributed by atoms with E-state index >= 15 is 0 Å². The maximum absolute atomic E-state index is 11.1. The maximum atomic E-state index is 11.1. The molecule has 0 amide bonds. The second-order valence-corrected chi connectivity index (χ2v) is 5.15. The Morgan fingerprint density at radius 2 is 1.81 bits per heavy atom. The van der Waals surface area contributed by atoms with Gasteiger partial charge in [-0.1, -0.05) is 0 Å². The number of hydrogen-bond acceptors (Lipinski definition) is 9. The number of rotatable bonds is 8. The first-order valence-electron chi connectivity index (χ1n) is 7.40. The van der Waals surface area contributed by atoms with Crippen LogP contribution in [0.4, 0.5) is 28.4 Å². The zero-order chi connectivity index (χ0) is 19.3. The number of nitrogens with one attached hydrogen (secondary N) is 2. The van der Waals surface area contributed by atoms with Crippen LogP contribution in [0, 0.1) is 20.2 Å². The Balaban J connectivity index is 2.23. The third-order valence-electron chi connectivity index (χ3n) is 3.41. The minimum absolute atomic E-state index is 0.110. The van der Waals surface area contributed by atoms with Crippen molar-refractivity contribution in [2.24, 2.45) is 0 Å². The molecular formula is C15H17N5O6. The molecule has 1 atom stereocenters. The Morgan fingerprint density at radius 1 is 1.12 bits per heavy atom. The molecule has 2 rings (SSSR count). The first-order chi connectivity index (χ1) is 12.3. The molecule has 0 radical (unpaired) electrons. The van der Waals surface area contributed by atoms with E-state index in [2.05, 4.69) is 10.6 Å². The number of aliphatic hydroxyl groups is 1. The van der Waals surface area contributed by atoms with E-state index in [9.17, 15) is 25.3 Å². The predicted molar refractivity (Wildman–Crippen MR) is 95.3 cm³/mol. The Bertz CT molecular complexity index is 828. The molecule has 0 heterocycles. The van der Waals surface area contributed by atoms with Gasteiger partial charge in [0, 0.05) is 30.9 Å². The highest BCUT2D eigenvalue weighted by Gasteiger charge is 2.19. The van der Waals surface area contributed by atoms with Gasteiger partial charge in [-0.3, -0.25) is 20.2 Å². The number of hydrogen-bond donors (Lipinski definition) is 4. The molecule has 26 heavy (non-hydrogen) atoms. The standard InChI is InChI=1S/C15H17N5O6/c1-17-12-7-10(3-5-13(12)19(22)23)26-15(8-21)18-11-4-2-9(16)6-14(11)20(24)25/h2-7,15,17-18,21H,8,16H2,1H3. The van der Waals surface area contributed by atoms with E-state index in [0.29, 0.717) is 0 Å². The first-order valence-corrected chi connectivity index (χ1v) is 7.40. The molecule has 2 aromatic rings. The summed E-state index contributed by atoms with van der Waals surface area (Å²) in [6, 6.07) is 8.05. The van der Waals surface area contributed by atoms with Gasteiger partial charge >= 0.3 is 0 Å². The number of anilines is 3. The summed E-state index contributed by atoms with van der Waals surface area (Å²) in [5, 5.41) is 36.9. The Kier molecular flexibility index (Phi) is 5.75. The summed E-state index contributed by atoms with van der Waals surface area (Å²) < 4.78 is 5.53. The number of benzene rings is 2. The second-order valence-electron chi connectivity index (χ2n) is 5.15. The van der Waals surface area contributed by atoms with Gasteiger partial charge in [0.05, 0.1) is 16.5 Å². The lowest BCUT2D eigenvalue weighted by atomic mass is 10.2. The second kappa shape index (κ2) is 7.98. The number of nitro benzene ring substituents is 2. The van der Waals surface area contributed by atoms with Crippen LogP contribution in [0.5, 0.6) is 5.75 Å². The van der Waals surface area contributed by atoms with E-state index in [4.69, 9.17) is 10.5 Å². The summed E-state index contributed by atoms with van der Waals surface area (Å²) in [5.41, 5.74) is 5.69. The van der Waals surface area contributed by atoms with Crippen LogP contribution >= 0.6 is 0 Å². The Morgan fingerprint density at radius 3 is 2.38 bits per heavy atom. The van der Waals surface area contributed by atoms with Crippen molar-refractivity contribution in [1.29, 1.82) is 0 Å². The summed E-state index contributed by atoms with van der Waals surface area (Å²) in [4.78, 5) is 20.9. The lowest BCUT2D eigenvalue weighted by molar-refractivity contribution is -0.384. The molecule has 0 aliphatic carbocycles. The molecule has 0 aliphatic heterocycles. The molecule has 0 fully saturated rings. The van der Waals surface area contributed by atoms with Crippen LogP contribution in [-0.4, -0.2) is 34.8 Å². The van der Waals surface area contributed by atoms with Crippen LogP contribution in [0.25, 0.3) is 0 Å². The molecule has 11 heteroatoms. The summed E-state index contributed by atoms with van der Waals surface area (Å²) >= 11 is 0. The molecule has 138 valence electrons. The van der Waals surface area contributed by atoms with Crippen molar-refractivity contribution >= 4 is 28.4 Å². The highest BCUT2D eigenvalue weighted by molar-refractivity contribution is 5.67. The minimum Gasteiger partial charge on any atom is -0.468 e. The van der Waals surface area contributed by atoms with Gasteiger partial charge in [0.25, 0.3) is 11.4 Å². The number of aliphatic hydroxyl groups excluding tert-OH is 1. The fourth-order valence-corrected chi connectivity index (χ4v) is 2.22. The van der Waals surface area contributed by atoms with Gasteiger partial charge in [-0.05, 0) is 18.2 Å². The largest absolute Gasteiger partial charge is 0.468 e. The number of nitrogens with two attached hydrogens (primary N) is 1. The first kappa shape index (κ1) is 18.7. The molecule has 0 bridgehead atoms. The van der Waals surface area contributed by atoms with Crippen LogP contribution in [0.15, 0.2) is 36.4 Å². The zero-order valence-electron chi connectivity index (χ0n) is 13.7. The molecular weight excluding hydrogens is 346 g/mol. The van der Waals surface area contributed by atoms with Gasteiger partial charge in [-0.2, -0.15) is 0 Å².